The van der Waals surface area contributed by atoms with E-state index in [1.165, 1.54) is 6.92 Å². The van der Waals surface area contributed by atoms with Crippen molar-refractivity contribution in [3.63, 3.8) is 0 Å². The van der Waals surface area contributed by atoms with Crippen LogP contribution in [-0.4, -0.2) is 24.6 Å². The molecule has 1 atom stereocenters. The molecule has 0 N–H and O–H groups in total. The Balaban J connectivity index is 3.94. The summed E-state index contributed by atoms with van der Waals surface area (Å²) >= 11 is 0. The fourth-order valence-corrected chi connectivity index (χ4v) is 0.606. The van der Waals surface area contributed by atoms with Crippen LogP contribution in [0.1, 0.15) is 20.8 Å². The van der Waals surface area contributed by atoms with Crippen LogP contribution < -0.4 is 0 Å². The molecule has 0 radical (unpaired) electrons. The van der Waals surface area contributed by atoms with Gasteiger partial charge in [0.2, 0.25) is 0 Å². The maximum absolute atomic E-state index is 10.7. The van der Waals surface area contributed by atoms with Crippen molar-refractivity contribution < 1.29 is 19.1 Å². The molecule has 0 aliphatic rings. The van der Waals surface area contributed by atoms with Crippen molar-refractivity contribution in [2.24, 2.45) is 0 Å². The third-order valence-electron chi connectivity index (χ3n) is 0.996. The number of carbonyl (C=O) groups is 2. The van der Waals surface area contributed by atoms with Gasteiger partial charge < -0.3 is 9.47 Å². The lowest BCUT2D eigenvalue weighted by Gasteiger charge is -2.02. The molecule has 4 nitrogen and oxygen atoms in total. The fraction of sp³-hybridized carbons (Fsp3) is 0.556. The molecular weight excluding hydrogens is 172 g/mol. The topological polar surface area (TPSA) is 52.6 Å². The van der Waals surface area contributed by atoms with Gasteiger partial charge in [0.1, 0.15) is 0 Å². The van der Waals surface area contributed by atoms with E-state index in [9.17, 15) is 9.59 Å². The van der Waals surface area contributed by atoms with E-state index in [1.807, 2.05) is 0 Å². The molecule has 0 saturated heterocycles. The average molecular weight is 184 g/mol. The second-order valence-corrected chi connectivity index (χ2v) is 2.24. The quantitative estimate of drug-likeness (QED) is 0.356. The van der Waals surface area contributed by atoms with Gasteiger partial charge in [-0.05, 0) is 19.8 Å². The number of esters is 2. The molecule has 0 aliphatic carbocycles. The second kappa shape index (κ2) is 6.06. The minimum Gasteiger partial charge on any atom is -0.456 e. The van der Waals surface area contributed by atoms with Gasteiger partial charge in [-0.3, -0.25) is 4.79 Å². The largest absolute Gasteiger partial charge is 0.456 e. The summed E-state index contributed by atoms with van der Waals surface area (Å²) in [6.07, 6.45) is -0.582. The molecule has 0 unspecified atom stereocenters. The fourth-order valence-electron chi connectivity index (χ4n) is 0.606. The van der Waals surface area contributed by atoms with Crippen LogP contribution in [0.3, 0.4) is 0 Å². The molecule has 0 amide bonds. The van der Waals surface area contributed by atoms with E-state index in [0.717, 1.165) is 0 Å². The Morgan fingerprint density at radius 3 is 2.54 bits per heavy atom. The summed E-state index contributed by atoms with van der Waals surface area (Å²) < 4.78 is 9.20. The molecule has 0 aromatic carbocycles. The van der Waals surface area contributed by atoms with Crippen molar-refractivity contribution >= 4 is 11.9 Å². The summed E-state index contributed by atoms with van der Waals surface area (Å²) in [5.41, 5.74) is 0. The molecule has 0 fully saturated rings. The molecule has 13 heavy (non-hydrogen) atoms. The van der Waals surface area contributed by atoms with E-state index >= 15 is 0 Å². The Hall–Kier alpha value is -1.50. The average Bonchev–Trinajstić information content (AvgIpc) is 2.00. The van der Waals surface area contributed by atoms with Crippen molar-refractivity contribution in [2.75, 3.05) is 6.61 Å². The van der Waals surface area contributed by atoms with E-state index in [2.05, 4.69) is 21.3 Å². The lowest BCUT2D eigenvalue weighted by atomic mass is 10.4. The molecule has 0 aromatic rings. The Kier molecular flexibility index (Phi) is 5.37. The summed E-state index contributed by atoms with van der Waals surface area (Å²) in [6.45, 7) is 4.83. The zero-order chi connectivity index (χ0) is 10.3. The highest BCUT2D eigenvalue weighted by Gasteiger charge is 2.00. The molecule has 0 spiro atoms. The number of hydrogen-bond donors (Lipinski definition) is 0. The van der Waals surface area contributed by atoms with E-state index in [0.29, 0.717) is 0 Å². The van der Waals surface area contributed by atoms with Gasteiger partial charge in [-0.2, -0.15) is 0 Å². The first kappa shape index (κ1) is 11.5. The molecule has 4 heteroatoms. The highest BCUT2D eigenvalue weighted by Crippen LogP contribution is 1.88. The Morgan fingerprint density at radius 1 is 1.46 bits per heavy atom. The Morgan fingerprint density at radius 2 is 2.08 bits per heavy atom. The number of hydrogen-bond acceptors (Lipinski definition) is 4. The Labute approximate surface area is 77.2 Å². The van der Waals surface area contributed by atoms with Crippen LogP contribution in [0.4, 0.5) is 0 Å². The standard InChI is InChI=1S/C9H12O4/c1-4-12-9(11)6-5-7(2)13-8(3)10/h7H,4H2,1-3H3/t7-/m0/s1. The minimum absolute atomic E-state index is 0.287. The highest BCUT2D eigenvalue weighted by molar-refractivity contribution is 5.88. The zero-order valence-electron chi connectivity index (χ0n) is 7.92. The monoisotopic (exact) mass is 184 g/mol. The van der Waals surface area contributed by atoms with E-state index in [1.54, 1.807) is 13.8 Å². The SMILES string of the molecule is CCOC(=O)C#C[C@H](C)OC(C)=O. The van der Waals surface area contributed by atoms with Crippen molar-refractivity contribution in [3.05, 3.63) is 0 Å². The van der Waals surface area contributed by atoms with Crippen molar-refractivity contribution in [3.8, 4) is 11.8 Å². The summed E-state index contributed by atoms with van der Waals surface area (Å²) in [6, 6.07) is 0. The molecule has 72 valence electrons. The molecule has 0 aromatic heterocycles. The van der Waals surface area contributed by atoms with Gasteiger partial charge >= 0.3 is 11.9 Å². The van der Waals surface area contributed by atoms with Gasteiger partial charge in [0.25, 0.3) is 0 Å². The van der Waals surface area contributed by atoms with Gasteiger partial charge in [0, 0.05) is 12.8 Å². The minimum atomic E-state index is -0.610. The zero-order valence-corrected chi connectivity index (χ0v) is 7.92. The maximum Gasteiger partial charge on any atom is 0.384 e. The first-order valence-electron chi connectivity index (χ1n) is 3.91. The predicted molar refractivity (Wildman–Crippen MR) is 45.6 cm³/mol. The third-order valence-corrected chi connectivity index (χ3v) is 0.996. The summed E-state index contributed by atoms with van der Waals surface area (Å²) in [7, 11) is 0. The number of rotatable bonds is 2. The van der Waals surface area contributed by atoms with Crippen LogP contribution in [0.15, 0.2) is 0 Å². The van der Waals surface area contributed by atoms with E-state index in [-0.39, 0.29) is 6.61 Å². The molecule has 0 bridgehead atoms. The number of carbonyl (C=O) groups excluding carboxylic acids is 2. The lowest BCUT2D eigenvalue weighted by Crippen LogP contribution is -2.10. The molecular formula is C9H12O4. The van der Waals surface area contributed by atoms with Crippen molar-refractivity contribution in [1.82, 2.24) is 0 Å². The smallest absolute Gasteiger partial charge is 0.384 e. The Bertz CT molecular complexity index is 246. The second-order valence-electron chi connectivity index (χ2n) is 2.24. The van der Waals surface area contributed by atoms with Crippen molar-refractivity contribution in [2.45, 2.75) is 26.9 Å². The molecule has 0 rings (SSSR count). The summed E-state index contributed by atoms with van der Waals surface area (Å²) in [5.74, 6) is 3.60. The van der Waals surface area contributed by atoms with Crippen LogP contribution in [-0.2, 0) is 19.1 Å². The van der Waals surface area contributed by atoms with Crippen LogP contribution >= 0.6 is 0 Å². The van der Waals surface area contributed by atoms with Crippen LogP contribution in [0.25, 0.3) is 0 Å². The molecule has 0 aliphatic heterocycles. The van der Waals surface area contributed by atoms with E-state index in [4.69, 9.17) is 0 Å². The first-order valence-corrected chi connectivity index (χ1v) is 3.91. The summed E-state index contributed by atoms with van der Waals surface area (Å²) in [4.78, 5) is 21.1. The molecule has 0 heterocycles. The van der Waals surface area contributed by atoms with Crippen LogP contribution in [0.2, 0.25) is 0 Å². The van der Waals surface area contributed by atoms with Crippen molar-refractivity contribution in [1.29, 1.82) is 0 Å². The number of ether oxygens (including phenoxy) is 2. The first-order chi connectivity index (χ1) is 6.06. The van der Waals surface area contributed by atoms with Gasteiger partial charge in [0.05, 0.1) is 6.61 Å². The molecule has 0 saturated carbocycles. The lowest BCUT2D eigenvalue weighted by molar-refractivity contribution is -0.143. The highest BCUT2D eigenvalue weighted by atomic mass is 16.5. The third kappa shape index (κ3) is 6.88. The maximum atomic E-state index is 10.7. The van der Waals surface area contributed by atoms with Crippen LogP contribution in [0, 0.1) is 11.8 Å². The predicted octanol–water partition coefficient (Wildman–Crippen LogP) is 0.504. The van der Waals surface area contributed by atoms with E-state index < -0.39 is 18.0 Å². The van der Waals surface area contributed by atoms with Gasteiger partial charge in [-0.25, -0.2) is 4.79 Å². The van der Waals surface area contributed by atoms with Gasteiger partial charge in [-0.1, -0.05) is 0 Å². The summed E-state index contributed by atoms with van der Waals surface area (Å²) in [5, 5.41) is 0. The van der Waals surface area contributed by atoms with Crippen LogP contribution in [0.5, 0.6) is 0 Å². The van der Waals surface area contributed by atoms with Gasteiger partial charge in [0.15, 0.2) is 6.10 Å². The van der Waals surface area contributed by atoms with Gasteiger partial charge in [-0.15, -0.1) is 0 Å². The normalized spacial score (nSPS) is 10.7.